The molecule has 0 amide bonds. The van der Waals surface area contributed by atoms with E-state index < -0.39 is 0 Å². The minimum absolute atomic E-state index is 0.689. The van der Waals surface area contributed by atoms with Crippen LogP contribution in [0.4, 0.5) is 0 Å². The van der Waals surface area contributed by atoms with Crippen molar-refractivity contribution >= 4 is 0 Å². The number of benzene rings is 1. The molecule has 1 fully saturated rings. The highest BCUT2D eigenvalue weighted by molar-refractivity contribution is 5.15. The molecule has 1 heterocycles. The van der Waals surface area contributed by atoms with Gasteiger partial charge in [0.1, 0.15) is 0 Å². The molecule has 2 unspecified atom stereocenters. The SMILES string of the molecule is CCCNC1CC(C)N(Cc2ccccc2)C1. The first-order valence-electron chi connectivity index (χ1n) is 6.81. The fourth-order valence-corrected chi connectivity index (χ4v) is 2.63. The van der Waals surface area contributed by atoms with Gasteiger partial charge in [-0.1, -0.05) is 37.3 Å². The van der Waals surface area contributed by atoms with E-state index in [1.54, 1.807) is 0 Å². The molecule has 1 aromatic carbocycles. The third-order valence-corrected chi connectivity index (χ3v) is 3.62. The number of hydrogen-bond acceptors (Lipinski definition) is 2. The van der Waals surface area contributed by atoms with Crippen LogP contribution in [0.15, 0.2) is 30.3 Å². The van der Waals surface area contributed by atoms with E-state index in [2.05, 4.69) is 54.4 Å². The maximum absolute atomic E-state index is 3.64. The Morgan fingerprint density at radius 3 is 2.76 bits per heavy atom. The summed E-state index contributed by atoms with van der Waals surface area (Å²) < 4.78 is 0. The number of rotatable bonds is 5. The van der Waals surface area contributed by atoms with E-state index in [-0.39, 0.29) is 0 Å². The Balaban J connectivity index is 1.86. The van der Waals surface area contributed by atoms with Crippen LogP contribution in [0, 0.1) is 0 Å². The zero-order chi connectivity index (χ0) is 12.1. The summed E-state index contributed by atoms with van der Waals surface area (Å²) in [6.45, 7) is 8.00. The second kappa shape index (κ2) is 6.18. The van der Waals surface area contributed by atoms with E-state index in [1.807, 2.05) is 0 Å². The predicted octanol–water partition coefficient (Wildman–Crippen LogP) is 2.65. The lowest BCUT2D eigenvalue weighted by molar-refractivity contribution is 0.257. The summed E-state index contributed by atoms with van der Waals surface area (Å²) in [5.41, 5.74) is 1.43. The highest BCUT2D eigenvalue weighted by Crippen LogP contribution is 2.20. The molecule has 0 spiro atoms. The van der Waals surface area contributed by atoms with Crippen LogP contribution in [0.25, 0.3) is 0 Å². The molecule has 0 radical (unpaired) electrons. The van der Waals surface area contributed by atoms with Crippen molar-refractivity contribution in [1.29, 1.82) is 0 Å². The van der Waals surface area contributed by atoms with Gasteiger partial charge in [0.05, 0.1) is 0 Å². The minimum Gasteiger partial charge on any atom is -0.313 e. The van der Waals surface area contributed by atoms with Crippen LogP contribution in [0.5, 0.6) is 0 Å². The van der Waals surface area contributed by atoms with Gasteiger partial charge in [-0.05, 0) is 31.9 Å². The second-order valence-electron chi connectivity index (χ2n) is 5.15. The number of hydrogen-bond donors (Lipinski definition) is 1. The molecule has 2 atom stereocenters. The molecule has 2 rings (SSSR count). The Labute approximate surface area is 105 Å². The number of nitrogens with zero attached hydrogens (tertiary/aromatic N) is 1. The lowest BCUT2D eigenvalue weighted by Crippen LogP contribution is -2.33. The first-order chi connectivity index (χ1) is 8.29. The van der Waals surface area contributed by atoms with E-state index in [9.17, 15) is 0 Å². The van der Waals surface area contributed by atoms with Crippen molar-refractivity contribution in [2.24, 2.45) is 0 Å². The standard InChI is InChI=1S/C15H24N2/c1-3-9-16-15-10-13(2)17(12-15)11-14-7-5-4-6-8-14/h4-8,13,15-16H,3,9-12H2,1-2H3. The Morgan fingerprint density at radius 2 is 2.06 bits per heavy atom. The molecule has 94 valence electrons. The first kappa shape index (κ1) is 12.6. The maximum atomic E-state index is 3.64. The summed E-state index contributed by atoms with van der Waals surface area (Å²) in [6.07, 6.45) is 2.51. The Kier molecular flexibility index (Phi) is 4.57. The van der Waals surface area contributed by atoms with Crippen molar-refractivity contribution < 1.29 is 0 Å². The normalized spacial score (nSPS) is 25.3. The molecule has 0 aliphatic carbocycles. The zero-order valence-corrected chi connectivity index (χ0v) is 11.0. The van der Waals surface area contributed by atoms with Crippen molar-refractivity contribution in [3.05, 3.63) is 35.9 Å². The summed E-state index contributed by atoms with van der Waals surface area (Å²) in [4.78, 5) is 2.59. The average molecular weight is 232 g/mol. The van der Waals surface area contributed by atoms with Crippen LogP contribution >= 0.6 is 0 Å². The van der Waals surface area contributed by atoms with Gasteiger partial charge in [-0.2, -0.15) is 0 Å². The summed E-state index contributed by atoms with van der Waals surface area (Å²) in [5, 5.41) is 3.64. The highest BCUT2D eigenvalue weighted by Gasteiger charge is 2.28. The van der Waals surface area contributed by atoms with Gasteiger partial charge in [0.2, 0.25) is 0 Å². The maximum Gasteiger partial charge on any atom is 0.0237 e. The average Bonchev–Trinajstić information content (AvgIpc) is 2.69. The van der Waals surface area contributed by atoms with Gasteiger partial charge in [-0.15, -0.1) is 0 Å². The molecule has 1 aromatic rings. The Bertz CT molecular complexity index is 323. The molecule has 2 nitrogen and oxygen atoms in total. The van der Waals surface area contributed by atoms with Gasteiger partial charge in [0.15, 0.2) is 0 Å². The third-order valence-electron chi connectivity index (χ3n) is 3.62. The molecule has 1 aliphatic rings. The van der Waals surface area contributed by atoms with Crippen molar-refractivity contribution in [2.45, 2.75) is 45.3 Å². The smallest absolute Gasteiger partial charge is 0.0237 e. The predicted molar refractivity (Wildman–Crippen MR) is 73.0 cm³/mol. The van der Waals surface area contributed by atoms with Crippen molar-refractivity contribution in [2.75, 3.05) is 13.1 Å². The summed E-state index contributed by atoms with van der Waals surface area (Å²) in [7, 11) is 0. The van der Waals surface area contributed by atoms with E-state index >= 15 is 0 Å². The van der Waals surface area contributed by atoms with Gasteiger partial charge >= 0.3 is 0 Å². The van der Waals surface area contributed by atoms with Crippen LogP contribution < -0.4 is 5.32 Å². The molecule has 2 heteroatoms. The van der Waals surface area contributed by atoms with E-state index in [0.717, 1.165) is 13.1 Å². The fourth-order valence-electron chi connectivity index (χ4n) is 2.63. The molecule has 17 heavy (non-hydrogen) atoms. The van der Waals surface area contributed by atoms with Crippen molar-refractivity contribution in [3.63, 3.8) is 0 Å². The van der Waals surface area contributed by atoms with Crippen LogP contribution in [-0.4, -0.2) is 30.1 Å². The molecule has 0 aromatic heterocycles. The van der Waals surface area contributed by atoms with Crippen LogP contribution in [0.3, 0.4) is 0 Å². The Morgan fingerprint density at radius 1 is 1.29 bits per heavy atom. The second-order valence-corrected chi connectivity index (χ2v) is 5.15. The fraction of sp³-hybridized carbons (Fsp3) is 0.600. The molecule has 0 saturated carbocycles. The molecular formula is C15H24N2. The lowest BCUT2D eigenvalue weighted by atomic mass is 10.2. The minimum atomic E-state index is 0.689. The van der Waals surface area contributed by atoms with Crippen molar-refractivity contribution in [3.8, 4) is 0 Å². The van der Waals surface area contributed by atoms with Gasteiger partial charge in [0.25, 0.3) is 0 Å². The molecular weight excluding hydrogens is 208 g/mol. The monoisotopic (exact) mass is 232 g/mol. The molecule has 1 saturated heterocycles. The topological polar surface area (TPSA) is 15.3 Å². The summed E-state index contributed by atoms with van der Waals surface area (Å²) >= 11 is 0. The van der Waals surface area contributed by atoms with Crippen LogP contribution in [0.2, 0.25) is 0 Å². The van der Waals surface area contributed by atoms with Gasteiger partial charge in [-0.3, -0.25) is 4.90 Å². The van der Waals surface area contributed by atoms with Crippen LogP contribution in [-0.2, 0) is 6.54 Å². The van der Waals surface area contributed by atoms with Crippen molar-refractivity contribution in [1.82, 2.24) is 10.2 Å². The highest BCUT2D eigenvalue weighted by atomic mass is 15.2. The zero-order valence-electron chi connectivity index (χ0n) is 11.0. The summed E-state index contributed by atoms with van der Waals surface area (Å²) in [5.74, 6) is 0. The van der Waals surface area contributed by atoms with E-state index in [4.69, 9.17) is 0 Å². The molecule has 1 N–H and O–H groups in total. The largest absolute Gasteiger partial charge is 0.313 e. The summed E-state index contributed by atoms with van der Waals surface area (Å²) in [6, 6.07) is 12.2. The molecule has 0 bridgehead atoms. The van der Waals surface area contributed by atoms with Gasteiger partial charge < -0.3 is 5.32 Å². The number of nitrogens with one attached hydrogen (secondary N) is 1. The van der Waals surface area contributed by atoms with E-state index in [0.29, 0.717) is 12.1 Å². The van der Waals surface area contributed by atoms with Gasteiger partial charge in [-0.25, -0.2) is 0 Å². The van der Waals surface area contributed by atoms with Crippen LogP contribution in [0.1, 0.15) is 32.3 Å². The Hall–Kier alpha value is -0.860. The number of likely N-dealkylation sites (tertiary alicyclic amines) is 1. The molecule has 1 aliphatic heterocycles. The van der Waals surface area contributed by atoms with E-state index in [1.165, 1.54) is 24.9 Å². The quantitative estimate of drug-likeness (QED) is 0.839. The van der Waals surface area contributed by atoms with Gasteiger partial charge in [0, 0.05) is 25.2 Å². The third kappa shape index (κ3) is 3.55. The lowest BCUT2D eigenvalue weighted by Gasteiger charge is -2.20. The first-order valence-corrected chi connectivity index (χ1v) is 6.81.